The molecule has 0 saturated heterocycles. The number of oxime groups is 1. The van der Waals surface area contributed by atoms with Crippen LogP contribution in [-0.2, 0) is 0 Å². The Bertz CT molecular complexity index is 530. The van der Waals surface area contributed by atoms with E-state index >= 15 is 0 Å². The van der Waals surface area contributed by atoms with E-state index < -0.39 is 0 Å². The van der Waals surface area contributed by atoms with E-state index in [0.29, 0.717) is 5.56 Å². The first kappa shape index (κ1) is 10.2. The highest BCUT2D eigenvalue weighted by Crippen LogP contribution is 2.13. The van der Waals surface area contributed by atoms with Crippen molar-refractivity contribution in [3.63, 3.8) is 0 Å². The molecule has 1 aromatic carbocycles. The van der Waals surface area contributed by atoms with Crippen molar-refractivity contribution in [1.82, 2.24) is 9.78 Å². The zero-order valence-electron chi connectivity index (χ0n) is 8.83. The summed E-state index contributed by atoms with van der Waals surface area (Å²) < 4.78 is 1.70. The highest BCUT2D eigenvalue weighted by molar-refractivity contribution is 6.00. The molecule has 0 fully saturated rings. The fourth-order valence-electron chi connectivity index (χ4n) is 1.49. The minimum absolute atomic E-state index is 0.0729. The number of nitrogens with zero attached hydrogens (tertiary/aromatic N) is 3. The van der Waals surface area contributed by atoms with E-state index in [-0.39, 0.29) is 5.84 Å². The van der Waals surface area contributed by atoms with Gasteiger partial charge in [-0.3, -0.25) is 0 Å². The van der Waals surface area contributed by atoms with Crippen molar-refractivity contribution in [2.24, 2.45) is 10.9 Å². The summed E-state index contributed by atoms with van der Waals surface area (Å²) in [6.45, 7) is 1.91. The van der Waals surface area contributed by atoms with Gasteiger partial charge in [-0.25, -0.2) is 4.68 Å². The van der Waals surface area contributed by atoms with Crippen LogP contribution in [0.5, 0.6) is 0 Å². The molecule has 0 radical (unpaired) electrons. The van der Waals surface area contributed by atoms with Crippen LogP contribution in [0.4, 0.5) is 0 Å². The smallest absolute Gasteiger partial charge is 0.172 e. The molecule has 2 rings (SSSR count). The van der Waals surface area contributed by atoms with Gasteiger partial charge in [0, 0.05) is 11.8 Å². The van der Waals surface area contributed by atoms with Gasteiger partial charge in [0.1, 0.15) is 0 Å². The predicted octanol–water partition coefficient (Wildman–Crippen LogP) is 1.28. The number of para-hydroxylation sites is 1. The summed E-state index contributed by atoms with van der Waals surface area (Å²) in [4.78, 5) is 0. The molecule has 0 bridgehead atoms. The standard InChI is InChI=1S/C11H12N4O/c1-8-6-7-15(13-8)10-5-3-2-4-9(10)11(12)14-16/h2-7,16H,1H3,(H2,12,14). The molecule has 1 aromatic heterocycles. The van der Waals surface area contributed by atoms with Crippen LogP contribution >= 0.6 is 0 Å². The summed E-state index contributed by atoms with van der Waals surface area (Å²) in [5.41, 5.74) is 7.94. The average molecular weight is 216 g/mol. The number of rotatable bonds is 2. The second-order valence-corrected chi connectivity index (χ2v) is 3.40. The van der Waals surface area contributed by atoms with E-state index in [0.717, 1.165) is 11.4 Å². The molecule has 0 spiro atoms. The Morgan fingerprint density at radius 1 is 1.38 bits per heavy atom. The lowest BCUT2D eigenvalue weighted by Gasteiger charge is -2.07. The number of hydrogen-bond donors (Lipinski definition) is 2. The van der Waals surface area contributed by atoms with Gasteiger partial charge in [0.25, 0.3) is 0 Å². The lowest BCUT2D eigenvalue weighted by molar-refractivity contribution is 0.318. The van der Waals surface area contributed by atoms with Crippen molar-refractivity contribution in [2.75, 3.05) is 0 Å². The lowest BCUT2D eigenvalue weighted by Crippen LogP contribution is -2.16. The van der Waals surface area contributed by atoms with Crippen LogP contribution in [-0.4, -0.2) is 20.8 Å². The third kappa shape index (κ3) is 1.75. The van der Waals surface area contributed by atoms with Crippen molar-refractivity contribution >= 4 is 5.84 Å². The number of hydrogen-bond acceptors (Lipinski definition) is 3. The third-order valence-electron chi connectivity index (χ3n) is 2.26. The van der Waals surface area contributed by atoms with E-state index in [9.17, 15) is 0 Å². The topological polar surface area (TPSA) is 76.4 Å². The van der Waals surface area contributed by atoms with E-state index in [1.807, 2.05) is 37.4 Å². The summed E-state index contributed by atoms with van der Waals surface area (Å²) in [6, 6.07) is 9.23. The molecule has 0 saturated carbocycles. The van der Waals surface area contributed by atoms with Crippen molar-refractivity contribution in [3.05, 3.63) is 47.8 Å². The first-order valence-corrected chi connectivity index (χ1v) is 4.82. The van der Waals surface area contributed by atoms with Gasteiger partial charge in [-0.15, -0.1) is 0 Å². The third-order valence-corrected chi connectivity index (χ3v) is 2.26. The molecule has 16 heavy (non-hydrogen) atoms. The van der Waals surface area contributed by atoms with Crippen LogP contribution in [0.2, 0.25) is 0 Å². The monoisotopic (exact) mass is 216 g/mol. The normalized spacial score (nSPS) is 11.7. The molecule has 0 amide bonds. The molecular formula is C11H12N4O. The van der Waals surface area contributed by atoms with Gasteiger partial charge in [0.2, 0.25) is 0 Å². The zero-order chi connectivity index (χ0) is 11.5. The van der Waals surface area contributed by atoms with Gasteiger partial charge in [0.05, 0.1) is 11.4 Å². The van der Waals surface area contributed by atoms with E-state index in [1.165, 1.54) is 0 Å². The van der Waals surface area contributed by atoms with E-state index in [4.69, 9.17) is 10.9 Å². The highest BCUT2D eigenvalue weighted by Gasteiger charge is 2.08. The molecule has 1 heterocycles. The number of benzene rings is 1. The molecule has 0 aliphatic carbocycles. The molecule has 0 aliphatic heterocycles. The second-order valence-electron chi connectivity index (χ2n) is 3.40. The molecule has 2 aromatic rings. The Hall–Kier alpha value is -2.30. The molecule has 5 nitrogen and oxygen atoms in total. The van der Waals surface area contributed by atoms with Crippen LogP contribution in [0, 0.1) is 6.92 Å². The quantitative estimate of drug-likeness (QED) is 0.343. The molecule has 82 valence electrons. The van der Waals surface area contributed by atoms with Crippen molar-refractivity contribution in [1.29, 1.82) is 0 Å². The molecule has 5 heteroatoms. The van der Waals surface area contributed by atoms with Crippen molar-refractivity contribution in [2.45, 2.75) is 6.92 Å². The van der Waals surface area contributed by atoms with Crippen molar-refractivity contribution < 1.29 is 5.21 Å². The van der Waals surface area contributed by atoms with Crippen LogP contribution in [0.25, 0.3) is 5.69 Å². The summed E-state index contributed by atoms with van der Waals surface area (Å²) >= 11 is 0. The van der Waals surface area contributed by atoms with Crippen molar-refractivity contribution in [3.8, 4) is 5.69 Å². The summed E-state index contributed by atoms with van der Waals surface area (Å²) in [7, 11) is 0. The zero-order valence-corrected chi connectivity index (χ0v) is 8.83. The summed E-state index contributed by atoms with van der Waals surface area (Å²) in [6.07, 6.45) is 1.83. The van der Waals surface area contributed by atoms with E-state index in [2.05, 4.69) is 10.3 Å². The maximum absolute atomic E-state index is 8.70. The largest absolute Gasteiger partial charge is 0.409 e. The SMILES string of the molecule is Cc1ccn(-c2ccccc2C(N)=NO)n1. The van der Waals surface area contributed by atoms with Gasteiger partial charge in [-0.1, -0.05) is 17.3 Å². The number of nitrogens with two attached hydrogens (primary N) is 1. The van der Waals surface area contributed by atoms with Crippen LogP contribution < -0.4 is 5.73 Å². The Balaban J connectivity index is 2.57. The lowest BCUT2D eigenvalue weighted by atomic mass is 10.1. The Kier molecular flexibility index (Phi) is 2.59. The number of amidine groups is 1. The fraction of sp³-hybridized carbons (Fsp3) is 0.0909. The Labute approximate surface area is 92.8 Å². The molecule has 0 atom stereocenters. The maximum atomic E-state index is 8.70. The fourth-order valence-corrected chi connectivity index (χ4v) is 1.49. The molecule has 3 N–H and O–H groups in total. The van der Waals surface area contributed by atoms with Crippen LogP contribution in [0.3, 0.4) is 0 Å². The minimum Gasteiger partial charge on any atom is -0.409 e. The Morgan fingerprint density at radius 2 is 2.12 bits per heavy atom. The van der Waals surface area contributed by atoms with Gasteiger partial charge in [0.15, 0.2) is 5.84 Å². The maximum Gasteiger partial charge on any atom is 0.172 e. The average Bonchev–Trinajstić information content (AvgIpc) is 2.75. The Morgan fingerprint density at radius 3 is 2.75 bits per heavy atom. The van der Waals surface area contributed by atoms with Gasteiger partial charge >= 0.3 is 0 Å². The number of aromatic nitrogens is 2. The van der Waals surface area contributed by atoms with Gasteiger partial charge < -0.3 is 10.9 Å². The second kappa shape index (κ2) is 4.06. The molecule has 0 aliphatic rings. The first-order valence-electron chi connectivity index (χ1n) is 4.82. The number of aryl methyl sites for hydroxylation is 1. The summed E-state index contributed by atoms with van der Waals surface area (Å²) in [5, 5.41) is 16.0. The molecular weight excluding hydrogens is 204 g/mol. The minimum atomic E-state index is 0.0729. The van der Waals surface area contributed by atoms with E-state index in [1.54, 1.807) is 10.7 Å². The van der Waals surface area contributed by atoms with Crippen LogP contribution in [0.1, 0.15) is 11.3 Å². The molecule has 0 unspecified atom stereocenters. The van der Waals surface area contributed by atoms with Gasteiger partial charge in [-0.05, 0) is 25.1 Å². The van der Waals surface area contributed by atoms with Gasteiger partial charge in [-0.2, -0.15) is 5.10 Å². The highest BCUT2D eigenvalue weighted by atomic mass is 16.4. The van der Waals surface area contributed by atoms with Crippen LogP contribution in [0.15, 0.2) is 41.7 Å². The summed E-state index contributed by atoms with van der Waals surface area (Å²) in [5.74, 6) is 0.0729. The predicted molar refractivity (Wildman–Crippen MR) is 60.8 cm³/mol. The first-order chi connectivity index (χ1) is 7.72.